The largest absolute Gasteiger partial charge is 0.507 e. The maximum atomic E-state index is 11.4. The Balaban J connectivity index is 1.37. The molecule has 0 atom stereocenters. The van der Waals surface area contributed by atoms with Crippen LogP contribution in [0.15, 0.2) is 146 Å². The lowest BCUT2D eigenvalue weighted by Gasteiger charge is -2.22. The van der Waals surface area contributed by atoms with E-state index in [0.29, 0.717) is 50.5 Å². The van der Waals surface area contributed by atoms with Crippen LogP contribution >= 0.6 is 0 Å². The van der Waals surface area contributed by atoms with Gasteiger partial charge in [-0.15, -0.1) is 0 Å². The molecule has 56 heavy (non-hydrogen) atoms. The number of hydrogen-bond donors (Lipinski definition) is 1. The molecule has 0 saturated heterocycles. The first kappa shape index (κ1) is 26.5. The van der Waals surface area contributed by atoms with Crippen LogP contribution in [-0.2, 0) is 10.8 Å². The predicted molar refractivity (Wildman–Crippen MR) is 235 cm³/mol. The number of aryl methyl sites for hydroxylation is 1. The summed E-state index contributed by atoms with van der Waals surface area (Å²) in [4.78, 5) is 10.0. The number of fused-ring (bicyclic) bond motifs is 1. The SMILES string of the molecule is [2H]c1c([2H])c(C([2H])([2H])[2H])c([2H])c([2H])c1-c1ccnc(-c2cc(-c3cccc4c3nc(-c3ccccc3O)n4-c3ccc(C([2H])([2H])[2H])cc3-c3ccc(C(C)(C)C)cc3)cc(C(C)(C)C)c2)c1. The van der Waals surface area contributed by atoms with Crippen molar-refractivity contribution in [3.05, 3.63) is 168 Å². The second kappa shape index (κ2) is 14.1. The molecule has 0 aliphatic carbocycles. The van der Waals surface area contributed by atoms with E-state index in [1.54, 1.807) is 48.5 Å². The van der Waals surface area contributed by atoms with Gasteiger partial charge in [0.2, 0.25) is 0 Å². The van der Waals surface area contributed by atoms with Gasteiger partial charge in [0.1, 0.15) is 11.6 Å². The summed E-state index contributed by atoms with van der Waals surface area (Å²) in [5.41, 5.74) is 8.18. The molecule has 8 aromatic rings. The summed E-state index contributed by atoms with van der Waals surface area (Å²) < 4.78 is 85.2. The van der Waals surface area contributed by atoms with E-state index in [9.17, 15) is 5.11 Å². The molecule has 0 aliphatic rings. The standard InChI is InChI=1S/C52H49N3O/c1-33-16-19-35(20-17-33)37-26-27-53-45(32-37)39-29-38(30-41(31-39)52(6,7)8)42-13-11-14-47-49(42)54-50(43-12-9-10-15-48(43)56)55(47)46-25-18-34(2)28-44(46)36-21-23-40(24-22-36)51(3,4)5/h9-32,56H,1-8H3/i1D3,2D3,16D,17D,19D,20D. The number of para-hydroxylation sites is 2. The maximum Gasteiger partial charge on any atom is 0.149 e. The first-order valence-electron chi connectivity index (χ1n) is 23.6. The maximum absolute atomic E-state index is 11.4. The van der Waals surface area contributed by atoms with Crippen molar-refractivity contribution < 1.29 is 18.8 Å². The van der Waals surface area contributed by atoms with Crippen molar-refractivity contribution in [3.8, 4) is 67.5 Å². The number of rotatable bonds is 6. The summed E-state index contributed by atoms with van der Waals surface area (Å²) in [5, 5.41) is 11.4. The van der Waals surface area contributed by atoms with Crippen LogP contribution in [0.2, 0.25) is 0 Å². The Morgan fingerprint density at radius 2 is 1.29 bits per heavy atom. The second-order valence-corrected chi connectivity index (χ2v) is 16.2. The fourth-order valence-corrected chi connectivity index (χ4v) is 7.10. The number of phenolic OH excluding ortho intramolecular Hbond substituents is 1. The average molecular weight is 742 g/mol. The van der Waals surface area contributed by atoms with Gasteiger partial charge >= 0.3 is 0 Å². The summed E-state index contributed by atoms with van der Waals surface area (Å²) in [6.45, 7) is 7.50. The quantitative estimate of drug-likeness (QED) is 0.185. The van der Waals surface area contributed by atoms with E-state index < -0.39 is 43.4 Å². The molecular formula is C52H49N3O. The molecule has 0 radical (unpaired) electrons. The smallest absolute Gasteiger partial charge is 0.149 e. The molecule has 278 valence electrons. The molecule has 0 spiro atoms. The van der Waals surface area contributed by atoms with Crippen molar-refractivity contribution in [1.29, 1.82) is 0 Å². The zero-order valence-electron chi connectivity index (χ0n) is 42.3. The molecule has 0 aliphatic heterocycles. The number of phenols is 1. The van der Waals surface area contributed by atoms with Gasteiger partial charge < -0.3 is 5.11 Å². The summed E-state index contributed by atoms with van der Waals surface area (Å²) in [7, 11) is 0. The Morgan fingerprint density at radius 3 is 2.00 bits per heavy atom. The highest BCUT2D eigenvalue weighted by Crippen LogP contribution is 2.42. The Labute approximate surface area is 345 Å². The van der Waals surface area contributed by atoms with E-state index in [1.165, 1.54) is 6.20 Å². The Bertz CT molecular complexity index is 3160. The van der Waals surface area contributed by atoms with Gasteiger partial charge in [0.25, 0.3) is 0 Å². The molecule has 4 nitrogen and oxygen atoms in total. The van der Waals surface area contributed by atoms with Crippen molar-refractivity contribution in [2.45, 2.75) is 66.1 Å². The number of pyridine rings is 1. The lowest BCUT2D eigenvalue weighted by molar-refractivity contribution is 0.477. The first-order chi connectivity index (χ1) is 30.8. The van der Waals surface area contributed by atoms with E-state index in [1.807, 2.05) is 53.1 Å². The normalized spacial score (nSPS) is 15.0. The van der Waals surface area contributed by atoms with E-state index >= 15 is 0 Å². The van der Waals surface area contributed by atoms with Crippen LogP contribution in [-0.4, -0.2) is 19.6 Å². The number of imidazole rings is 1. The van der Waals surface area contributed by atoms with E-state index in [0.717, 1.165) is 27.8 Å². The minimum atomic E-state index is -2.84. The number of hydrogen-bond acceptors (Lipinski definition) is 3. The van der Waals surface area contributed by atoms with Crippen molar-refractivity contribution >= 4 is 11.0 Å². The molecule has 6 aromatic carbocycles. The van der Waals surface area contributed by atoms with Crippen LogP contribution in [0.4, 0.5) is 0 Å². The van der Waals surface area contributed by atoms with Crippen molar-refractivity contribution in [1.82, 2.24) is 14.5 Å². The topological polar surface area (TPSA) is 50.9 Å². The van der Waals surface area contributed by atoms with Gasteiger partial charge in [0.15, 0.2) is 0 Å². The molecule has 2 heterocycles. The third-order valence-corrected chi connectivity index (χ3v) is 10.2. The summed E-state index contributed by atoms with van der Waals surface area (Å²) in [6.07, 6.45) is 1.53. The summed E-state index contributed by atoms with van der Waals surface area (Å²) in [6, 6.07) is 33.4. The summed E-state index contributed by atoms with van der Waals surface area (Å²) >= 11 is 0. The van der Waals surface area contributed by atoms with Gasteiger partial charge in [-0.2, -0.15) is 0 Å². The third kappa shape index (κ3) is 7.04. The highest BCUT2D eigenvalue weighted by Gasteiger charge is 2.24. The number of nitrogens with zero attached hydrogens (tertiary/aromatic N) is 3. The van der Waals surface area contributed by atoms with Crippen LogP contribution in [0, 0.1) is 13.7 Å². The molecule has 0 bridgehead atoms. The average Bonchev–Trinajstić information content (AvgIpc) is 3.64. The number of aromatic nitrogens is 3. The summed E-state index contributed by atoms with van der Waals surface area (Å²) in [5.74, 6) is 0.458. The highest BCUT2D eigenvalue weighted by molar-refractivity contribution is 5.97. The van der Waals surface area contributed by atoms with Gasteiger partial charge in [0.05, 0.1) is 33.5 Å². The fraction of sp³-hybridized carbons (Fsp3) is 0.192. The van der Waals surface area contributed by atoms with E-state index in [-0.39, 0.29) is 27.7 Å². The highest BCUT2D eigenvalue weighted by atomic mass is 16.3. The number of aromatic hydroxyl groups is 1. The van der Waals surface area contributed by atoms with Gasteiger partial charge in [-0.25, -0.2) is 4.98 Å². The Kier molecular flexibility index (Phi) is 6.68. The molecule has 2 aromatic heterocycles. The molecule has 0 amide bonds. The van der Waals surface area contributed by atoms with E-state index in [4.69, 9.17) is 23.7 Å². The lowest BCUT2D eigenvalue weighted by atomic mass is 9.83. The molecule has 8 rings (SSSR count). The van der Waals surface area contributed by atoms with Gasteiger partial charge in [-0.3, -0.25) is 9.55 Å². The second-order valence-electron chi connectivity index (χ2n) is 16.2. The van der Waals surface area contributed by atoms with Gasteiger partial charge in [-0.05, 0) is 113 Å². The molecule has 0 unspecified atom stereocenters. The lowest BCUT2D eigenvalue weighted by Crippen LogP contribution is -2.11. The zero-order chi connectivity index (χ0) is 47.8. The predicted octanol–water partition coefficient (Wildman–Crippen LogP) is 13.7. The van der Waals surface area contributed by atoms with Crippen LogP contribution in [0.3, 0.4) is 0 Å². The molecule has 1 N–H and O–H groups in total. The van der Waals surface area contributed by atoms with Crippen LogP contribution in [0.1, 0.15) is 77.5 Å². The monoisotopic (exact) mass is 741 g/mol. The molecule has 0 saturated carbocycles. The van der Waals surface area contributed by atoms with Crippen molar-refractivity contribution in [2.75, 3.05) is 0 Å². The van der Waals surface area contributed by atoms with Crippen molar-refractivity contribution in [2.24, 2.45) is 0 Å². The molecule has 4 heteroatoms. The minimum Gasteiger partial charge on any atom is -0.507 e. The number of benzene rings is 6. The molecule has 0 fully saturated rings. The van der Waals surface area contributed by atoms with Gasteiger partial charge in [-0.1, -0.05) is 138 Å². The zero-order valence-corrected chi connectivity index (χ0v) is 32.3. The Morgan fingerprint density at radius 1 is 0.571 bits per heavy atom. The van der Waals surface area contributed by atoms with Crippen molar-refractivity contribution in [3.63, 3.8) is 0 Å². The Hall–Kier alpha value is -6.26. The minimum absolute atomic E-state index is 0.0172. The molecular weight excluding hydrogens is 683 g/mol. The van der Waals surface area contributed by atoms with Crippen LogP contribution in [0.5, 0.6) is 5.75 Å². The van der Waals surface area contributed by atoms with Crippen LogP contribution in [0.25, 0.3) is 72.7 Å². The fourth-order valence-electron chi connectivity index (χ4n) is 7.10. The first-order valence-corrected chi connectivity index (χ1v) is 18.6. The van der Waals surface area contributed by atoms with Gasteiger partial charge in [0, 0.05) is 31.1 Å². The van der Waals surface area contributed by atoms with Crippen LogP contribution < -0.4 is 0 Å². The third-order valence-electron chi connectivity index (χ3n) is 10.2. The van der Waals surface area contributed by atoms with E-state index in [2.05, 4.69) is 59.7 Å².